The topological polar surface area (TPSA) is 0 Å². The zero-order valence-electron chi connectivity index (χ0n) is 11.4. The summed E-state index contributed by atoms with van der Waals surface area (Å²) < 4.78 is 0. The van der Waals surface area contributed by atoms with Gasteiger partial charge in [-0.15, -0.1) is 6.92 Å². The smallest absolute Gasteiger partial charge is 0 e. The second kappa shape index (κ2) is 7.60. The predicted octanol–water partition coefficient (Wildman–Crippen LogP) is 4.79. The van der Waals surface area contributed by atoms with E-state index in [2.05, 4.69) is 40.7 Å². The molecule has 0 nitrogen and oxygen atoms in total. The van der Waals surface area contributed by atoms with Crippen molar-refractivity contribution in [2.24, 2.45) is 5.41 Å². The van der Waals surface area contributed by atoms with Gasteiger partial charge in [0.15, 0.2) is 0 Å². The van der Waals surface area contributed by atoms with Gasteiger partial charge >= 0.3 is 0 Å². The molecule has 0 unspecified atom stereocenters. The first-order valence-corrected chi connectivity index (χ1v) is 4.81. The molecule has 0 saturated heterocycles. The molecule has 0 aromatic heterocycles. The van der Waals surface area contributed by atoms with Crippen molar-refractivity contribution in [2.45, 2.75) is 47.5 Å². The molecule has 0 aromatic rings. The first-order chi connectivity index (χ1) is 5.49. The number of rotatable bonds is 2. The van der Waals surface area contributed by atoms with Crippen LogP contribution in [0.2, 0.25) is 0 Å². The van der Waals surface area contributed by atoms with E-state index in [9.17, 15) is 0 Å². The first kappa shape index (κ1) is 20.7. The Morgan fingerprint density at radius 3 is 1.87 bits per heavy atom. The molecule has 88 valence electrons. The third-order valence-corrected chi connectivity index (χ3v) is 2.92. The van der Waals surface area contributed by atoms with Crippen molar-refractivity contribution in [3.8, 4) is 0 Å². The van der Waals surface area contributed by atoms with Gasteiger partial charge in [-0.25, -0.2) is 5.57 Å². The number of hydrogen-bond donors (Lipinski definition) is 0. The zero-order chi connectivity index (χ0) is 9.35. The van der Waals surface area contributed by atoms with Crippen LogP contribution >= 0.6 is 0 Å². The van der Waals surface area contributed by atoms with Crippen molar-refractivity contribution in [3.05, 3.63) is 37.6 Å². The van der Waals surface area contributed by atoms with E-state index in [-0.39, 0.29) is 46.1 Å². The van der Waals surface area contributed by atoms with Crippen molar-refractivity contribution < 1.29 is 25.8 Å². The number of hydrogen-bond acceptors (Lipinski definition) is 0. The van der Waals surface area contributed by atoms with Gasteiger partial charge < -0.3 is 14.9 Å². The van der Waals surface area contributed by atoms with Crippen LogP contribution in [0.25, 0.3) is 0 Å². The van der Waals surface area contributed by atoms with E-state index in [0.29, 0.717) is 0 Å². The standard InChI is InChI=1S/C12H19.2CH3.Hf/c1-6-7-11-8-12(4,5)10(3)9(11)2;;;/h6-7H2,1-5H3;2*1H3;/q3*-1;. The summed E-state index contributed by atoms with van der Waals surface area (Å²) in [5, 5.41) is 0. The van der Waals surface area contributed by atoms with Crippen molar-refractivity contribution in [2.75, 3.05) is 0 Å². The summed E-state index contributed by atoms with van der Waals surface area (Å²) in [5.74, 6) is 0. The van der Waals surface area contributed by atoms with Gasteiger partial charge in [-0.1, -0.05) is 46.0 Å². The minimum atomic E-state index is 0. The summed E-state index contributed by atoms with van der Waals surface area (Å²) >= 11 is 0. The van der Waals surface area contributed by atoms with Gasteiger partial charge in [0.25, 0.3) is 0 Å². The Morgan fingerprint density at radius 1 is 1.13 bits per heavy atom. The van der Waals surface area contributed by atoms with E-state index in [0.717, 1.165) is 0 Å². The van der Waals surface area contributed by atoms with Crippen LogP contribution in [-0.4, -0.2) is 0 Å². The van der Waals surface area contributed by atoms with E-state index in [4.69, 9.17) is 0 Å². The fourth-order valence-corrected chi connectivity index (χ4v) is 1.76. The molecule has 0 heterocycles. The molecule has 1 heteroatoms. The van der Waals surface area contributed by atoms with Gasteiger partial charge in [0.2, 0.25) is 0 Å². The van der Waals surface area contributed by atoms with Crippen LogP contribution < -0.4 is 0 Å². The zero-order valence-corrected chi connectivity index (χ0v) is 15.0. The molecule has 1 rings (SSSR count). The van der Waals surface area contributed by atoms with Gasteiger partial charge in [-0.2, -0.15) is 11.1 Å². The summed E-state index contributed by atoms with van der Waals surface area (Å²) in [5.41, 5.74) is 4.60. The van der Waals surface area contributed by atoms with Gasteiger partial charge in [-0.05, 0) is 0 Å². The molecule has 0 radical (unpaired) electrons. The van der Waals surface area contributed by atoms with Crippen molar-refractivity contribution in [1.82, 2.24) is 0 Å². The Bertz CT molecular complexity index is 244. The quantitative estimate of drug-likeness (QED) is 0.483. The average molecular weight is 372 g/mol. The fourth-order valence-electron chi connectivity index (χ4n) is 1.76. The second-order valence-corrected chi connectivity index (χ2v) is 4.23. The van der Waals surface area contributed by atoms with E-state index in [1.807, 2.05) is 0 Å². The minimum absolute atomic E-state index is 0. The van der Waals surface area contributed by atoms with Crippen LogP contribution in [-0.2, 0) is 25.8 Å². The summed E-state index contributed by atoms with van der Waals surface area (Å²) in [6, 6.07) is 0. The van der Waals surface area contributed by atoms with Gasteiger partial charge in [0.1, 0.15) is 0 Å². The van der Waals surface area contributed by atoms with Crippen molar-refractivity contribution >= 4 is 0 Å². The molecule has 1 aliphatic rings. The summed E-state index contributed by atoms with van der Waals surface area (Å²) in [7, 11) is 0. The summed E-state index contributed by atoms with van der Waals surface area (Å²) in [6.07, 6.45) is 5.99. The Hall–Kier alpha value is 0.350. The first-order valence-electron chi connectivity index (χ1n) is 4.81. The van der Waals surface area contributed by atoms with E-state index in [1.54, 1.807) is 0 Å². The maximum absolute atomic E-state index is 3.57. The molecular formula is C14H25Hf-3. The monoisotopic (exact) mass is 373 g/mol. The molecule has 0 atom stereocenters. The van der Waals surface area contributed by atoms with Crippen molar-refractivity contribution in [3.63, 3.8) is 0 Å². The molecule has 0 aromatic carbocycles. The van der Waals surface area contributed by atoms with Gasteiger partial charge in [0, 0.05) is 25.8 Å². The maximum Gasteiger partial charge on any atom is 0 e. The van der Waals surface area contributed by atoms with Crippen LogP contribution in [0.1, 0.15) is 47.5 Å². The molecule has 15 heavy (non-hydrogen) atoms. The summed E-state index contributed by atoms with van der Waals surface area (Å²) in [4.78, 5) is 0. The molecule has 0 aliphatic heterocycles. The summed E-state index contributed by atoms with van der Waals surface area (Å²) in [6.45, 7) is 11.2. The van der Waals surface area contributed by atoms with Crippen LogP contribution in [0.15, 0.2) is 16.7 Å². The Morgan fingerprint density at radius 2 is 1.60 bits per heavy atom. The van der Waals surface area contributed by atoms with Crippen LogP contribution in [0.3, 0.4) is 0 Å². The van der Waals surface area contributed by atoms with Gasteiger partial charge in [0.05, 0.1) is 0 Å². The third kappa shape index (κ3) is 4.38. The van der Waals surface area contributed by atoms with Crippen LogP contribution in [0.4, 0.5) is 0 Å². The third-order valence-electron chi connectivity index (χ3n) is 2.92. The maximum atomic E-state index is 3.57. The molecule has 0 N–H and O–H groups in total. The Balaban J connectivity index is -0.000000480. The fraction of sp³-hybridized carbons (Fsp3) is 0.571. The molecule has 0 spiro atoms. The minimum Gasteiger partial charge on any atom is -0.358 e. The molecular weight excluding hydrogens is 347 g/mol. The molecule has 0 bridgehead atoms. The second-order valence-electron chi connectivity index (χ2n) is 4.23. The Kier molecular flexibility index (Phi) is 10.5. The van der Waals surface area contributed by atoms with Crippen LogP contribution in [0, 0.1) is 26.3 Å². The van der Waals surface area contributed by atoms with E-state index < -0.39 is 0 Å². The number of allylic oxidation sites excluding steroid dienone is 4. The molecule has 0 fully saturated rings. The van der Waals surface area contributed by atoms with Crippen molar-refractivity contribution in [1.29, 1.82) is 0 Å². The van der Waals surface area contributed by atoms with E-state index in [1.165, 1.54) is 29.6 Å². The molecule has 0 saturated carbocycles. The normalized spacial score (nSPS) is 17.3. The largest absolute Gasteiger partial charge is 0.358 e. The van der Waals surface area contributed by atoms with Gasteiger partial charge in [-0.3, -0.25) is 6.08 Å². The van der Waals surface area contributed by atoms with Crippen LogP contribution in [0.5, 0.6) is 0 Å². The average Bonchev–Trinajstić information content (AvgIpc) is 2.16. The SMILES string of the molecule is CCCC1=[C-]C(C)(C)C(C)=C1C.[CH3-].[CH3-].[Hf]. The van der Waals surface area contributed by atoms with E-state index >= 15 is 0 Å². The Labute approximate surface area is 116 Å². The predicted molar refractivity (Wildman–Crippen MR) is 66.6 cm³/mol. The molecule has 1 aliphatic carbocycles. The molecule has 0 amide bonds.